The van der Waals surface area contributed by atoms with Gasteiger partial charge in [0.05, 0.1) is 5.69 Å². The Bertz CT molecular complexity index is 1150. The second kappa shape index (κ2) is 9.94. The number of nitrogens with zero attached hydrogens (tertiary/aromatic N) is 3. The zero-order valence-electron chi connectivity index (χ0n) is 16.6. The van der Waals surface area contributed by atoms with Gasteiger partial charge in [0.2, 0.25) is 0 Å². The lowest BCUT2D eigenvalue weighted by atomic mass is 10.0. The number of hydrogen-bond donors (Lipinski definition) is 4. The molecule has 166 valence electrons. The number of hydrogen-bond acceptors (Lipinski definition) is 10. The normalized spacial score (nSPS) is 11.3. The number of nitrogens with two attached hydrogens (primary N) is 1. The highest BCUT2D eigenvalue weighted by atomic mass is 16.8. The lowest BCUT2D eigenvalue weighted by molar-refractivity contribution is 0.0290. The van der Waals surface area contributed by atoms with Crippen LogP contribution >= 0.6 is 0 Å². The van der Waals surface area contributed by atoms with Gasteiger partial charge in [0.15, 0.2) is 0 Å². The van der Waals surface area contributed by atoms with Crippen LogP contribution < -0.4 is 21.4 Å². The maximum atomic E-state index is 11.7. The molecule has 10 nitrogen and oxygen atoms in total. The van der Waals surface area contributed by atoms with Gasteiger partial charge >= 0.3 is 0 Å². The van der Waals surface area contributed by atoms with Crippen molar-refractivity contribution in [1.29, 1.82) is 0 Å². The Morgan fingerprint density at radius 1 is 0.688 bits per heavy atom. The molecule has 0 atom stereocenters. The van der Waals surface area contributed by atoms with Gasteiger partial charge in [-0.05, 0) is 47.0 Å². The van der Waals surface area contributed by atoms with Gasteiger partial charge in [-0.3, -0.25) is 15.6 Å². The third-order valence-electron chi connectivity index (χ3n) is 4.57. The van der Waals surface area contributed by atoms with Gasteiger partial charge in [-0.1, -0.05) is 54.6 Å². The van der Waals surface area contributed by atoms with Crippen molar-refractivity contribution in [3.8, 4) is 0 Å². The Labute approximate surface area is 183 Å². The first-order valence-corrected chi connectivity index (χ1v) is 9.23. The molecule has 0 spiro atoms. The van der Waals surface area contributed by atoms with E-state index in [0.717, 1.165) is 6.07 Å². The predicted molar refractivity (Wildman–Crippen MR) is 124 cm³/mol. The molecule has 0 heterocycles. The fourth-order valence-corrected chi connectivity index (χ4v) is 2.99. The summed E-state index contributed by atoms with van der Waals surface area (Å²) in [4.78, 5) is 0. The minimum atomic E-state index is -0.528. The standard InChI is InChI=1S/C22H19N4O6/c23-20-7-2-1-5-16(20)10-11-18-13-17(21(25(29)30)14-22(18)26(31)32)9-8-15-4-3-6-19(12-15)24(27)28/h1-14,29,31-32H,23H2/q-3. The molecule has 3 aromatic carbocycles. The fraction of sp³-hybridized carbons (Fsp3) is 0. The average molecular weight is 435 g/mol. The molecule has 0 saturated heterocycles. The third-order valence-corrected chi connectivity index (χ3v) is 4.57. The van der Waals surface area contributed by atoms with Crippen LogP contribution in [0.2, 0.25) is 0 Å². The van der Waals surface area contributed by atoms with Gasteiger partial charge in [-0.25, -0.2) is 0 Å². The Balaban J connectivity index is 2.06. The molecule has 0 unspecified atom stereocenters. The van der Waals surface area contributed by atoms with Crippen molar-refractivity contribution in [1.82, 2.24) is 0 Å². The second-order valence-electron chi connectivity index (χ2n) is 6.68. The second-order valence-corrected chi connectivity index (χ2v) is 6.68. The molecule has 0 radical (unpaired) electrons. The maximum absolute atomic E-state index is 11.7. The number of nitrogen functional groups attached to an aromatic ring is 1. The van der Waals surface area contributed by atoms with Crippen LogP contribution in [0.5, 0.6) is 0 Å². The summed E-state index contributed by atoms with van der Waals surface area (Å²) in [5, 5.41) is 61.2. The van der Waals surface area contributed by atoms with Gasteiger partial charge in [-0.2, -0.15) is 0 Å². The molecule has 0 amide bonds. The minimum absolute atomic E-state index is 0.101. The lowest BCUT2D eigenvalue weighted by Crippen LogP contribution is -2.15. The van der Waals surface area contributed by atoms with Crippen molar-refractivity contribution in [2.75, 3.05) is 21.4 Å². The molecule has 10 heteroatoms. The van der Waals surface area contributed by atoms with Crippen LogP contribution in [0.25, 0.3) is 24.3 Å². The fourth-order valence-electron chi connectivity index (χ4n) is 2.99. The average Bonchev–Trinajstić information content (AvgIpc) is 2.76. The number of anilines is 4. The smallest absolute Gasteiger partial charge is 0.104 e. The van der Waals surface area contributed by atoms with Crippen molar-refractivity contribution in [2.24, 2.45) is 0 Å². The summed E-state index contributed by atoms with van der Waals surface area (Å²) in [6.07, 6.45) is 6.20. The molecule has 0 aliphatic rings. The van der Waals surface area contributed by atoms with Crippen molar-refractivity contribution in [3.63, 3.8) is 0 Å². The van der Waals surface area contributed by atoms with E-state index in [0.29, 0.717) is 22.4 Å². The Morgan fingerprint density at radius 3 is 2.00 bits per heavy atom. The van der Waals surface area contributed by atoms with Gasteiger partial charge in [0, 0.05) is 16.9 Å². The van der Waals surface area contributed by atoms with Crippen LogP contribution in [0.15, 0.2) is 60.7 Å². The van der Waals surface area contributed by atoms with E-state index in [1.54, 1.807) is 42.5 Å². The van der Waals surface area contributed by atoms with E-state index in [1.807, 2.05) is 0 Å². The van der Waals surface area contributed by atoms with Crippen molar-refractivity contribution >= 4 is 47.1 Å². The highest BCUT2D eigenvalue weighted by Gasteiger charge is 2.12. The highest BCUT2D eigenvalue weighted by molar-refractivity contribution is 5.86. The summed E-state index contributed by atoms with van der Waals surface area (Å²) < 4.78 is 0. The van der Waals surface area contributed by atoms with Crippen LogP contribution in [-0.4, -0.2) is 15.6 Å². The highest BCUT2D eigenvalue weighted by Crippen LogP contribution is 2.32. The first kappa shape index (κ1) is 22.8. The summed E-state index contributed by atoms with van der Waals surface area (Å²) in [7, 11) is 0. The summed E-state index contributed by atoms with van der Waals surface area (Å²) >= 11 is 0. The van der Waals surface area contributed by atoms with Crippen LogP contribution in [0.4, 0.5) is 22.7 Å². The van der Waals surface area contributed by atoms with Gasteiger partial charge in [0.1, 0.15) is 5.69 Å². The first-order valence-electron chi connectivity index (χ1n) is 9.23. The largest absolute Gasteiger partial charge is 0.769 e. The van der Waals surface area contributed by atoms with Crippen molar-refractivity contribution < 1.29 is 15.6 Å². The van der Waals surface area contributed by atoms with Crippen LogP contribution in [0.1, 0.15) is 22.3 Å². The quantitative estimate of drug-likeness (QED) is 0.232. The third kappa shape index (κ3) is 5.42. The summed E-state index contributed by atoms with van der Waals surface area (Å²) in [6.45, 7) is 0. The molecule has 0 bridgehead atoms. The summed E-state index contributed by atoms with van der Waals surface area (Å²) in [5.74, 6) is 0. The number of para-hydroxylation sites is 1. The minimum Gasteiger partial charge on any atom is -0.769 e. The maximum Gasteiger partial charge on any atom is 0.104 e. The summed E-state index contributed by atoms with van der Waals surface area (Å²) in [6, 6.07) is 15.4. The SMILES string of the molecule is Nc1ccccc1C=Cc1cc(C=Cc2cccc(N([O-])[O-])c2)c(N([O-])O)cc1N(O)O. The molecule has 3 rings (SSSR count). The van der Waals surface area contributed by atoms with Crippen molar-refractivity contribution in [3.05, 3.63) is 98.5 Å². The molecule has 0 fully saturated rings. The molecule has 0 aliphatic carbocycles. The van der Waals surface area contributed by atoms with E-state index in [4.69, 9.17) is 5.73 Å². The van der Waals surface area contributed by atoms with Gasteiger partial charge < -0.3 is 31.8 Å². The van der Waals surface area contributed by atoms with E-state index >= 15 is 0 Å². The molecule has 3 aromatic rings. The van der Waals surface area contributed by atoms with Gasteiger partial charge in [-0.15, -0.1) is 5.23 Å². The number of rotatable bonds is 7. The van der Waals surface area contributed by atoms with Crippen LogP contribution in [0.3, 0.4) is 0 Å². The monoisotopic (exact) mass is 435 g/mol. The molecular weight excluding hydrogens is 416 g/mol. The molecule has 0 aliphatic heterocycles. The van der Waals surface area contributed by atoms with E-state index in [1.165, 1.54) is 36.4 Å². The number of benzene rings is 3. The zero-order chi connectivity index (χ0) is 23.3. The van der Waals surface area contributed by atoms with Crippen molar-refractivity contribution in [2.45, 2.75) is 0 Å². The Kier molecular flexibility index (Phi) is 7.07. The van der Waals surface area contributed by atoms with E-state index in [2.05, 4.69) is 0 Å². The molecule has 0 saturated carbocycles. The molecule has 0 aromatic heterocycles. The van der Waals surface area contributed by atoms with Crippen LogP contribution in [-0.2, 0) is 0 Å². The molecule has 32 heavy (non-hydrogen) atoms. The Hall–Kier alpha value is -3.90. The van der Waals surface area contributed by atoms with Gasteiger partial charge in [0.25, 0.3) is 0 Å². The summed E-state index contributed by atoms with van der Waals surface area (Å²) in [5.41, 5.74) is 7.58. The zero-order valence-corrected chi connectivity index (χ0v) is 16.6. The Morgan fingerprint density at radius 2 is 1.34 bits per heavy atom. The predicted octanol–water partition coefficient (Wildman–Crippen LogP) is 4.69. The first-order chi connectivity index (χ1) is 15.3. The molecule has 5 N–H and O–H groups in total. The van der Waals surface area contributed by atoms with Crippen LogP contribution in [0, 0.1) is 15.6 Å². The van der Waals surface area contributed by atoms with E-state index < -0.39 is 10.5 Å². The van der Waals surface area contributed by atoms with E-state index in [-0.39, 0.29) is 27.9 Å². The van der Waals surface area contributed by atoms with E-state index in [9.17, 15) is 31.2 Å². The topological polar surface area (TPSA) is 166 Å². The lowest BCUT2D eigenvalue weighted by Gasteiger charge is -2.37. The molecular formula is C22H19N4O6-3.